The first-order valence-electron chi connectivity index (χ1n) is 11.4. The van der Waals surface area contributed by atoms with Gasteiger partial charge >= 0.3 is 0 Å². The van der Waals surface area contributed by atoms with Crippen molar-refractivity contribution < 1.29 is 0 Å². The molecule has 0 saturated carbocycles. The van der Waals surface area contributed by atoms with Crippen LogP contribution in [0.5, 0.6) is 0 Å². The minimum Gasteiger partial charge on any atom is -0.289 e. The summed E-state index contributed by atoms with van der Waals surface area (Å²) in [5.41, 5.74) is -0.484. The van der Waals surface area contributed by atoms with Gasteiger partial charge in [-0.1, -0.05) is 64.1 Å². The van der Waals surface area contributed by atoms with E-state index in [9.17, 15) is 9.59 Å². The summed E-state index contributed by atoms with van der Waals surface area (Å²) in [6, 6.07) is 14.4. The van der Waals surface area contributed by atoms with Gasteiger partial charge in [-0.3, -0.25) is 9.59 Å². The minimum absolute atomic E-state index is 0.191. The first kappa shape index (κ1) is 23.5. The highest BCUT2D eigenvalue weighted by atomic mass is 79.9. The molecule has 2 nitrogen and oxygen atoms in total. The van der Waals surface area contributed by atoms with Crippen molar-refractivity contribution in [3.05, 3.63) is 98.6 Å². The van der Waals surface area contributed by atoms with Crippen LogP contribution < -0.4 is 10.9 Å². The van der Waals surface area contributed by atoms with Crippen LogP contribution in [-0.2, 0) is 0 Å². The molecule has 0 aromatic heterocycles. The second-order valence-corrected chi connectivity index (χ2v) is 12.3. The molecule has 0 amide bonds. The fourth-order valence-electron chi connectivity index (χ4n) is 6.24. The zero-order valence-corrected chi connectivity index (χ0v) is 24.1. The molecule has 0 N–H and O–H groups in total. The van der Waals surface area contributed by atoms with E-state index in [0.29, 0.717) is 62.3 Å². The Hall–Kier alpha value is -2.37. The van der Waals surface area contributed by atoms with Crippen molar-refractivity contribution in [1.29, 1.82) is 0 Å². The van der Waals surface area contributed by atoms with Gasteiger partial charge < -0.3 is 0 Å². The lowest BCUT2D eigenvalue weighted by atomic mass is 9.84. The second-order valence-electron chi connectivity index (χ2n) is 9.48. The number of hydrogen-bond donors (Lipinski definition) is 0. The Bertz CT molecular complexity index is 2510. The average Bonchev–Trinajstić information content (AvgIpc) is 2.88. The van der Waals surface area contributed by atoms with Gasteiger partial charge in [-0.05, 0) is 90.7 Å². The van der Waals surface area contributed by atoms with Crippen LogP contribution in [0.3, 0.4) is 0 Å². The topological polar surface area (TPSA) is 34.1 Å². The van der Waals surface area contributed by atoms with E-state index in [4.69, 9.17) is 58.0 Å². The van der Waals surface area contributed by atoms with Crippen LogP contribution in [-0.4, -0.2) is 0 Å². The van der Waals surface area contributed by atoms with Crippen LogP contribution in [0.15, 0.2) is 62.6 Å². The molecule has 38 heavy (non-hydrogen) atoms. The highest BCUT2D eigenvalue weighted by Crippen LogP contribution is 2.49. The number of hydrogen-bond acceptors (Lipinski definition) is 2. The standard InChI is InChI=1S/C30H8BrCl5O2/c31-14-8-18(35)27-24(28(14)36)13-5-9-1-2-11-21-12(22-15(32)3-4-16(33)25(22)29(11)37)6-10-7-17(34)26(30(27)38)23(13)20(10)19(9)21/h1-8H. The molecule has 0 radical (unpaired) electrons. The summed E-state index contributed by atoms with van der Waals surface area (Å²) in [6.45, 7) is 0. The van der Waals surface area contributed by atoms with E-state index >= 15 is 0 Å². The molecule has 0 bridgehead atoms. The van der Waals surface area contributed by atoms with Gasteiger partial charge in [0.2, 0.25) is 0 Å². The average molecular weight is 658 g/mol. The lowest BCUT2D eigenvalue weighted by molar-refractivity contribution is 1.69. The van der Waals surface area contributed by atoms with Gasteiger partial charge in [-0.25, -0.2) is 0 Å². The Labute approximate surface area is 246 Å². The quantitative estimate of drug-likeness (QED) is 0.0924. The zero-order valence-electron chi connectivity index (χ0n) is 18.7. The Kier molecular flexibility index (Phi) is 4.72. The molecule has 8 rings (SSSR count). The van der Waals surface area contributed by atoms with Crippen LogP contribution in [0, 0.1) is 0 Å². The molecular weight excluding hydrogens is 649 g/mol. The molecule has 8 aromatic carbocycles. The first-order valence-corrected chi connectivity index (χ1v) is 14.1. The third-order valence-electron chi connectivity index (χ3n) is 7.68. The number of halogens is 6. The summed E-state index contributed by atoms with van der Waals surface area (Å²) in [4.78, 5) is 27.6. The van der Waals surface area contributed by atoms with E-state index in [1.54, 1.807) is 24.3 Å². The molecule has 0 aliphatic carbocycles. The lowest BCUT2D eigenvalue weighted by Gasteiger charge is -2.20. The Morgan fingerprint density at radius 2 is 1.03 bits per heavy atom. The lowest BCUT2D eigenvalue weighted by Crippen LogP contribution is -2.07. The van der Waals surface area contributed by atoms with E-state index in [0.717, 1.165) is 37.7 Å². The molecule has 0 aliphatic rings. The predicted octanol–water partition coefficient (Wildman–Crippen LogP) is 10.8. The van der Waals surface area contributed by atoms with Crippen molar-refractivity contribution in [2.75, 3.05) is 0 Å². The molecular formula is C30H8BrCl5O2. The zero-order chi connectivity index (χ0) is 26.4. The summed E-state index contributed by atoms with van der Waals surface area (Å²) < 4.78 is 0.586. The van der Waals surface area contributed by atoms with Gasteiger partial charge in [-0.2, -0.15) is 0 Å². The third kappa shape index (κ3) is 2.68. The number of benzene rings is 8. The summed E-state index contributed by atoms with van der Waals surface area (Å²) in [5, 5.41) is 10.9. The van der Waals surface area contributed by atoms with Crippen LogP contribution in [0.4, 0.5) is 0 Å². The maximum atomic E-state index is 13.9. The fourth-order valence-corrected chi connectivity index (χ4v) is 8.14. The van der Waals surface area contributed by atoms with Crippen molar-refractivity contribution in [2.45, 2.75) is 0 Å². The van der Waals surface area contributed by atoms with Crippen LogP contribution >= 0.6 is 73.9 Å². The van der Waals surface area contributed by atoms with Gasteiger partial charge in [0, 0.05) is 41.8 Å². The summed E-state index contributed by atoms with van der Waals surface area (Å²) in [6.07, 6.45) is 0. The molecule has 0 fully saturated rings. The summed E-state index contributed by atoms with van der Waals surface area (Å²) in [5.74, 6) is 0. The van der Waals surface area contributed by atoms with Gasteiger partial charge in [-0.15, -0.1) is 0 Å². The molecule has 0 heterocycles. The normalized spacial score (nSPS) is 12.7. The monoisotopic (exact) mass is 654 g/mol. The van der Waals surface area contributed by atoms with Crippen LogP contribution in [0.25, 0.3) is 75.4 Å². The van der Waals surface area contributed by atoms with Gasteiger partial charge in [0.25, 0.3) is 0 Å². The third-order valence-corrected chi connectivity index (χ3v) is 10.1. The second kappa shape index (κ2) is 7.63. The summed E-state index contributed by atoms with van der Waals surface area (Å²) >= 11 is 36.9. The largest absolute Gasteiger partial charge is 0.289 e. The van der Waals surface area contributed by atoms with Crippen LogP contribution in [0.1, 0.15) is 0 Å². The fraction of sp³-hybridized carbons (Fsp3) is 0. The molecule has 0 spiro atoms. The smallest absolute Gasteiger partial charge is 0.197 e. The maximum absolute atomic E-state index is 13.9. The van der Waals surface area contributed by atoms with Crippen molar-refractivity contribution in [1.82, 2.24) is 0 Å². The Balaban J connectivity index is 1.81. The molecule has 8 aromatic rings. The van der Waals surface area contributed by atoms with E-state index < -0.39 is 0 Å². The Morgan fingerprint density at radius 1 is 0.447 bits per heavy atom. The van der Waals surface area contributed by atoms with Crippen molar-refractivity contribution in [2.24, 2.45) is 0 Å². The number of rotatable bonds is 0. The van der Waals surface area contributed by atoms with Crippen molar-refractivity contribution in [3.8, 4) is 0 Å². The van der Waals surface area contributed by atoms with Gasteiger partial charge in [0.1, 0.15) is 0 Å². The SMILES string of the molecule is O=c1c2ccc3cc4c5c(Cl)c(Br)cc(Cl)c5c(=O)c5c(Cl)cc6cc(c7c(Cl)ccc(Cl)c17)c2c3c6c54. The molecule has 0 atom stereocenters. The highest BCUT2D eigenvalue weighted by Gasteiger charge is 2.26. The van der Waals surface area contributed by atoms with Crippen molar-refractivity contribution >= 4 is 149 Å². The number of fused-ring (bicyclic) bond motifs is 4. The molecule has 8 heteroatoms. The van der Waals surface area contributed by atoms with Gasteiger partial charge in [0.05, 0.1) is 30.9 Å². The van der Waals surface area contributed by atoms with E-state index in [2.05, 4.69) is 15.9 Å². The molecule has 0 aliphatic heterocycles. The van der Waals surface area contributed by atoms with Crippen LogP contribution in [0.2, 0.25) is 25.1 Å². The van der Waals surface area contributed by atoms with E-state index in [1.165, 1.54) is 0 Å². The van der Waals surface area contributed by atoms with Crippen molar-refractivity contribution in [3.63, 3.8) is 0 Å². The van der Waals surface area contributed by atoms with Gasteiger partial charge in [0.15, 0.2) is 10.9 Å². The molecule has 0 unspecified atom stereocenters. The predicted molar refractivity (Wildman–Crippen MR) is 168 cm³/mol. The molecule has 182 valence electrons. The first-order chi connectivity index (χ1) is 18.2. The Morgan fingerprint density at radius 3 is 1.79 bits per heavy atom. The maximum Gasteiger partial charge on any atom is 0.197 e. The van der Waals surface area contributed by atoms with E-state index in [-0.39, 0.29) is 15.9 Å². The van der Waals surface area contributed by atoms with E-state index in [1.807, 2.05) is 24.3 Å². The minimum atomic E-state index is -0.293. The molecule has 0 saturated heterocycles. The highest BCUT2D eigenvalue weighted by molar-refractivity contribution is 9.10. The summed E-state index contributed by atoms with van der Waals surface area (Å²) in [7, 11) is 0.